The highest BCUT2D eigenvalue weighted by atomic mass is 79.9. The summed E-state index contributed by atoms with van der Waals surface area (Å²) in [6.07, 6.45) is 0.859. The van der Waals surface area contributed by atoms with E-state index < -0.39 is 0 Å². The molecule has 1 saturated heterocycles. The molecule has 4 N–H and O–H groups in total. The Kier molecular flexibility index (Phi) is 5.05. The number of amidine groups is 1. The number of ether oxygens (including phenoxy) is 1. The van der Waals surface area contributed by atoms with Crippen molar-refractivity contribution in [2.45, 2.75) is 0 Å². The Labute approximate surface area is 124 Å². The van der Waals surface area contributed by atoms with Crippen molar-refractivity contribution in [2.75, 3.05) is 32.8 Å². The number of morpholine rings is 1. The first kappa shape index (κ1) is 14.9. The van der Waals surface area contributed by atoms with Crippen LogP contribution in [-0.2, 0) is 4.74 Å². The van der Waals surface area contributed by atoms with Gasteiger partial charge in [0.05, 0.1) is 31.1 Å². The van der Waals surface area contributed by atoms with Crippen LogP contribution in [0.15, 0.2) is 15.5 Å². The highest BCUT2D eigenvalue weighted by Crippen LogP contribution is 2.18. The maximum Gasteiger partial charge on any atom is 0.192 e. The van der Waals surface area contributed by atoms with Gasteiger partial charge < -0.3 is 15.5 Å². The standard InChI is InChI=1S/C12H16BrN5O2/c13-8-5-9(17-11(8)12(15)16-7-14)10(19)6-18-1-3-20-4-2-18/h5,7,17H,1-4,6H2,(H3,14,15,16). The molecule has 7 nitrogen and oxygen atoms in total. The lowest BCUT2D eigenvalue weighted by molar-refractivity contribution is 0.0370. The summed E-state index contributed by atoms with van der Waals surface area (Å²) in [6, 6.07) is 1.68. The Morgan fingerprint density at radius 3 is 2.95 bits per heavy atom. The van der Waals surface area contributed by atoms with E-state index in [-0.39, 0.29) is 11.6 Å². The number of aromatic nitrogens is 1. The number of hydrogen-bond donors (Lipinski definition) is 3. The first-order chi connectivity index (χ1) is 9.61. The Bertz CT molecular complexity index is 534. The van der Waals surface area contributed by atoms with Crippen molar-refractivity contribution in [1.29, 1.82) is 5.41 Å². The average molecular weight is 342 g/mol. The van der Waals surface area contributed by atoms with Crippen molar-refractivity contribution in [3.8, 4) is 0 Å². The summed E-state index contributed by atoms with van der Waals surface area (Å²) in [7, 11) is 0. The summed E-state index contributed by atoms with van der Waals surface area (Å²) in [4.78, 5) is 20.9. The van der Waals surface area contributed by atoms with E-state index in [1.165, 1.54) is 0 Å². The van der Waals surface area contributed by atoms with Crippen LogP contribution in [0.25, 0.3) is 0 Å². The number of H-pyrrole nitrogens is 1. The van der Waals surface area contributed by atoms with Gasteiger partial charge in [0.2, 0.25) is 0 Å². The van der Waals surface area contributed by atoms with Gasteiger partial charge >= 0.3 is 0 Å². The first-order valence-electron chi connectivity index (χ1n) is 6.16. The normalized spacial score (nSPS) is 17.1. The molecule has 0 aromatic carbocycles. The van der Waals surface area contributed by atoms with Crippen LogP contribution in [0, 0.1) is 5.41 Å². The molecule has 0 atom stereocenters. The third kappa shape index (κ3) is 3.53. The number of hydrogen-bond acceptors (Lipinski definition) is 4. The van der Waals surface area contributed by atoms with Gasteiger partial charge in [-0.1, -0.05) is 0 Å². The molecule has 0 amide bonds. The number of ketones is 1. The third-order valence-corrected chi connectivity index (χ3v) is 3.63. The van der Waals surface area contributed by atoms with Gasteiger partial charge in [-0.05, 0) is 22.0 Å². The third-order valence-electron chi connectivity index (χ3n) is 3.00. The lowest BCUT2D eigenvalue weighted by atomic mass is 10.2. The molecule has 8 heteroatoms. The fraction of sp³-hybridized carbons (Fsp3) is 0.417. The molecule has 108 valence electrons. The fourth-order valence-corrected chi connectivity index (χ4v) is 2.48. The SMILES string of the molecule is N=CN=C(N)c1[nH]c(C(=O)CN2CCOCC2)cc1Br. The van der Waals surface area contributed by atoms with Gasteiger partial charge in [0.1, 0.15) is 12.2 Å². The van der Waals surface area contributed by atoms with Crippen molar-refractivity contribution in [3.05, 3.63) is 21.9 Å². The predicted molar refractivity (Wildman–Crippen MR) is 79.6 cm³/mol. The second-order valence-electron chi connectivity index (χ2n) is 4.36. The van der Waals surface area contributed by atoms with Crippen molar-refractivity contribution >= 4 is 33.9 Å². The van der Waals surface area contributed by atoms with Crippen molar-refractivity contribution in [2.24, 2.45) is 10.7 Å². The van der Waals surface area contributed by atoms with Gasteiger partial charge in [0.25, 0.3) is 0 Å². The minimum Gasteiger partial charge on any atom is -0.382 e. The summed E-state index contributed by atoms with van der Waals surface area (Å²) in [5, 5.41) is 6.91. The van der Waals surface area contributed by atoms with Crippen LogP contribution >= 0.6 is 15.9 Å². The number of nitrogens with zero attached hydrogens (tertiary/aromatic N) is 2. The zero-order valence-electron chi connectivity index (χ0n) is 10.9. The highest BCUT2D eigenvalue weighted by Gasteiger charge is 2.18. The van der Waals surface area contributed by atoms with E-state index >= 15 is 0 Å². The second-order valence-corrected chi connectivity index (χ2v) is 5.22. The number of aliphatic imine (C=N–C) groups is 1. The molecule has 1 aromatic heterocycles. The molecule has 1 aliphatic heterocycles. The number of rotatable bonds is 5. The topological polar surface area (TPSA) is 108 Å². The van der Waals surface area contributed by atoms with E-state index in [4.69, 9.17) is 15.9 Å². The largest absolute Gasteiger partial charge is 0.382 e. The maximum absolute atomic E-state index is 12.2. The van der Waals surface area contributed by atoms with Crippen LogP contribution in [0.5, 0.6) is 0 Å². The zero-order chi connectivity index (χ0) is 14.5. The van der Waals surface area contributed by atoms with Crippen LogP contribution in [-0.4, -0.2) is 60.7 Å². The summed E-state index contributed by atoms with van der Waals surface area (Å²) in [5.74, 6) is 0.152. The summed E-state index contributed by atoms with van der Waals surface area (Å²) >= 11 is 3.33. The molecular formula is C12H16BrN5O2. The molecule has 0 radical (unpaired) electrons. The lowest BCUT2D eigenvalue weighted by Crippen LogP contribution is -2.39. The molecule has 1 fully saturated rings. The van der Waals surface area contributed by atoms with E-state index in [0.717, 1.165) is 19.4 Å². The average Bonchev–Trinajstić information content (AvgIpc) is 2.82. The Morgan fingerprint density at radius 2 is 2.30 bits per heavy atom. The van der Waals surface area contributed by atoms with Crippen LogP contribution in [0.2, 0.25) is 0 Å². The summed E-state index contributed by atoms with van der Waals surface area (Å²) in [5.41, 5.74) is 6.69. The molecule has 0 spiro atoms. The number of halogens is 1. The Balaban J connectivity index is 2.08. The molecule has 0 unspecified atom stereocenters. The van der Waals surface area contributed by atoms with Gasteiger partial charge in [-0.25, -0.2) is 4.99 Å². The fourth-order valence-electron chi connectivity index (χ4n) is 1.95. The van der Waals surface area contributed by atoms with Gasteiger partial charge in [-0.2, -0.15) is 0 Å². The zero-order valence-corrected chi connectivity index (χ0v) is 12.4. The number of aromatic amines is 1. The van der Waals surface area contributed by atoms with Crippen LogP contribution in [0.4, 0.5) is 0 Å². The van der Waals surface area contributed by atoms with Gasteiger partial charge in [0.15, 0.2) is 5.78 Å². The maximum atomic E-state index is 12.2. The van der Waals surface area contributed by atoms with Crippen molar-refractivity contribution < 1.29 is 9.53 Å². The predicted octanol–water partition coefficient (Wildman–Crippen LogP) is 0.604. The highest BCUT2D eigenvalue weighted by molar-refractivity contribution is 9.10. The second kappa shape index (κ2) is 6.78. The molecule has 1 aliphatic rings. The Hall–Kier alpha value is -1.51. The monoisotopic (exact) mass is 341 g/mol. The van der Waals surface area contributed by atoms with Crippen molar-refractivity contribution in [1.82, 2.24) is 9.88 Å². The number of carbonyl (C=O) groups is 1. The molecule has 20 heavy (non-hydrogen) atoms. The van der Waals surface area contributed by atoms with E-state index in [0.29, 0.717) is 35.6 Å². The van der Waals surface area contributed by atoms with E-state index in [2.05, 4.69) is 30.8 Å². The molecule has 0 aliphatic carbocycles. The minimum atomic E-state index is -0.0125. The van der Waals surface area contributed by atoms with E-state index in [9.17, 15) is 4.79 Å². The Morgan fingerprint density at radius 1 is 1.60 bits per heavy atom. The molecular weight excluding hydrogens is 326 g/mol. The van der Waals surface area contributed by atoms with Gasteiger partial charge in [-0.15, -0.1) is 0 Å². The lowest BCUT2D eigenvalue weighted by Gasteiger charge is -2.25. The van der Waals surface area contributed by atoms with Crippen LogP contribution < -0.4 is 5.73 Å². The van der Waals surface area contributed by atoms with Gasteiger partial charge in [-0.3, -0.25) is 15.1 Å². The molecule has 2 heterocycles. The van der Waals surface area contributed by atoms with Crippen molar-refractivity contribution in [3.63, 3.8) is 0 Å². The van der Waals surface area contributed by atoms with E-state index in [1.807, 2.05) is 0 Å². The number of nitrogens with one attached hydrogen (secondary N) is 2. The minimum absolute atomic E-state index is 0.0125. The molecule has 2 rings (SSSR count). The molecule has 0 saturated carbocycles. The van der Waals surface area contributed by atoms with Crippen LogP contribution in [0.1, 0.15) is 16.2 Å². The number of Topliss-reactive ketones (excluding diaryl/α,β-unsaturated/α-hetero) is 1. The smallest absolute Gasteiger partial charge is 0.192 e. The number of carbonyl (C=O) groups excluding carboxylic acids is 1. The van der Waals surface area contributed by atoms with Gasteiger partial charge in [0, 0.05) is 17.6 Å². The quantitative estimate of drug-likeness (QED) is 0.414. The summed E-state index contributed by atoms with van der Waals surface area (Å²) in [6.45, 7) is 3.19. The van der Waals surface area contributed by atoms with Crippen LogP contribution in [0.3, 0.4) is 0 Å². The molecule has 1 aromatic rings. The van der Waals surface area contributed by atoms with E-state index in [1.54, 1.807) is 6.07 Å². The summed E-state index contributed by atoms with van der Waals surface area (Å²) < 4.78 is 5.91. The first-order valence-corrected chi connectivity index (χ1v) is 6.95. The molecule has 0 bridgehead atoms. The number of nitrogens with two attached hydrogens (primary N) is 1.